The van der Waals surface area contributed by atoms with E-state index in [9.17, 15) is 8.42 Å². The molecule has 1 aromatic rings. The summed E-state index contributed by atoms with van der Waals surface area (Å²) >= 11 is 1.57. The molecule has 0 aromatic carbocycles. The summed E-state index contributed by atoms with van der Waals surface area (Å²) in [6.45, 7) is 2.15. The second-order valence-electron chi connectivity index (χ2n) is 4.54. The lowest BCUT2D eigenvalue weighted by molar-refractivity contribution is 0.275. The monoisotopic (exact) mass is 289 g/mol. The molecule has 0 aliphatic carbocycles. The van der Waals surface area contributed by atoms with Crippen LogP contribution in [0.25, 0.3) is 0 Å². The van der Waals surface area contributed by atoms with Gasteiger partial charge in [0.1, 0.15) is 0 Å². The van der Waals surface area contributed by atoms with E-state index in [-0.39, 0.29) is 0 Å². The highest BCUT2D eigenvalue weighted by molar-refractivity contribution is 7.87. The molecule has 0 unspecified atom stereocenters. The van der Waals surface area contributed by atoms with Gasteiger partial charge in [0.05, 0.1) is 0 Å². The molecule has 2 heterocycles. The van der Waals surface area contributed by atoms with Crippen LogP contribution in [0.15, 0.2) is 16.8 Å². The standard InChI is InChI=1S/C11H19N3O2S2/c12-7-10-1-4-14(5-2-10)18(15,16)13-8-11-3-6-17-9-11/h3,6,9-10,13H,1-2,4-5,7-8,12H2. The van der Waals surface area contributed by atoms with E-state index in [0.717, 1.165) is 18.4 Å². The first kappa shape index (κ1) is 14.0. The fourth-order valence-corrected chi connectivity index (χ4v) is 3.94. The van der Waals surface area contributed by atoms with E-state index in [1.54, 1.807) is 11.3 Å². The maximum Gasteiger partial charge on any atom is 0.279 e. The van der Waals surface area contributed by atoms with Crippen molar-refractivity contribution in [2.75, 3.05) is 19.6 Å². The number of rotatable bonds is 5. The Bertz CT molecular complexity index is 451. The minimum absolute atomic E-state index is 0.364. The molecule has 2 rings (SSSR count). The van der Waals surface area contributed by atoms with E-state index in [0.29, 0.717) is 32.1 Å². The molecular weight excluding hydrogens is 270 g/mol. The summed E-state index contributed by atoms with van der Waals surface area (Å²) in [6.07, 6.45) is 1.71. The molecule has 0 spiro atoms. The Kier molecular flexibility index (Phi) is 4.74. The lowest BCUT2D eigenvalue weighted by Crippen LogP contribution is -2.45. The van der Waals surface area contributed by atoms with Crippen molar-refractivity contribution in [3.05, 3.63) is 22.4 Å². The summed E-state index contributed by atoms with van der Waals surface area (Å²) in [6, 6.07) is 1.92. The van der Waals surface area contributed by atoms with Gasteiger partial charge in [-0.1, -0.05) is 0 Å². The predicted molar refractivity (Wildman–Crippen MR) is 73.4 cm³/mol. The SMILES string of the molecule is NCC1CCN(S(=O)(=O)NCc2ccsc2)CC1. The van der Waals surface area contributed by atoms with Gasteiger partial charge in [-0.15, -0.1) is 0 Å². The molecule has 1 aromatic heterocycles. The molecule has 1 aliphatic heterocycles. The molecule has 0 amide bonds. The average Bonchev–Trinajstić information content (AvgIpc) is 2.90. The highest BCUT2D eigenvalue weighted by Crippen LogP contribution is 2.18. The van der Waals surface area contributed by atoms with E-state index in [4.69, 9.17) is 5.73 Å². The molecule has 7 heteroatoms. The third-order valence-electron chi connectivity index (χ3n) is 3.29. The van der Waals surface area contributed by atoms with Crippen molar-refractivity contribution < 1.29 is 8.42 Å². The summed E-state index contributed by atoms with van der Waals surface area (Å²) in [5.41, 5.74) is 6.60. The largest absolute Gasteiger partial charge is 0.330 e. The highest BCUT2D eigenvalue weighted by Gasteiger charge is 2.26. The van der Waals surface area contributed by atoms with Gasteiger partial charge in [0.25, 0.3) is 10.2 Å². The van der Waals surface area contributed by atoms with Crippen LogP contribution < -0.4 is 10.5 Å². The van der Waals surface area contributed by atoms with Gasteiger partial charge in [-0.25, -0.2) is 0 Å². The fraction of sp³-hybridized carbons (Fsp3) is 0.636. The molecule has 0 radical (unpaired) electrons. The maximum atomic E-state index is 12.1. The molecule has 0 saturated carbocycles. The second kappa shape index (κ2) is 6.12. The molecule has 102 valence electrons. The van der Waals surface area contributed by atoms with Crippen molar-refractivity contribution in [1.29, 1.82) is 0 Å². The maximum absolute atomic E-state index is 12.1. The molecule has 0 atom stereocenters. The van der Waals surface area contributed by atoms with Crippen LogP contribution in [0.5, 0.6) is 0 Å². The van der Waals surface area contributed by atoms with Crippen molar-refractivity contribution in [3.63, 3.8) is 0 Å². The van der Waals surface area contributed by atoms with E-state index in [1.165, 1.54) is 4.31 Å². The molecule has 5 nitrogen and oxygen atoms in total. The highest BCUT2D eigenvalue weighted by atomic mass is 32.2. The Morgan fingerprint density at radius 1 is 1.44 bits per heavy atom. The third kappa shape index (κ3) is 3.52. The van der Waals surface area contributed by atoms with Gasteiger partial charge in [0.2, 0.25) is 0 Å². The third-order valence-corrected chi connectivity index (χ3v) is 5.57. The summed E-state index contributed by atoms with van der Waals surface area (Å²) in [5.74, 6) is 0.466. The predicted octanol–water partition coefficient (Wildman–Crippen LogP) is 0.753. The molecule has 0 bridgehead atoms. The quantitative estimate of drug-likeness (QED) is 0.840. The average molecular weight is 289 g/mol. The topological polar surface area (TPSA) is 75.4 Å². The van der Waals surface area contributed by atoms with Crippen LogP contribution in [0.2, 0.25) is 0 Å². The first-order chi connectivity index (χ1) is 8.62. The Morgan fingerprint density at radius 3 is 2.72 bits per heavy atom. The number of piperidine rings is 1. The number of nitrogens with one attached hydrogen (secondary N) is 1. The molecular formula is C11H19N3O2S2. The van der Waals surface area contributed by atoms with Gasteiger partial charge in [-0.2, -0.15) is 28.8 Å². The number of nitrogens with two attached hydrogens (primary N) is 1. The van der Waals surface area contributed by atoms with Gasteiger partial charge < -0.3 is 5.73 Å². The van der Waals surface area contributed by atoms with Gasteiger partial charge in [-0.3, -0.25) is 0 Å². The van der Waals surface area contributed by atoms with Crippen LogP contribution in [-0.2, 0) is 16.8 Å². The van der Waals surface area contributed by atoms with Crippen molar-refractivity contribution >= 4 is 21.5 Å². The van der Waals surface area contributed by atoms with E-state index in [2.05, 4.69) is 4.72 Å². The van der Waals surface area contributed by atoms with Gasteiger partial charge in [-0.05, 0) is 47.7 Å². The summed E-state index contributed by atoms with van der Waals surface area (Å²) in [7, 11) is -3.34. The first-order valence-corrected chi connectivity index (χ1v) is 8.46. The van der Waals surface area contributed by atoms with Crippen LogP contribution in [0.3, 0.4) is 0 Å². The van der Waals surface area contributed by atoms with E-state index < -0.39 is 10.2 Å². The minimum atomic E-state index is -3.34. The summed E-state index contributed by atoms with van der Waals surface area (Å²) in [4.78, 5) is 0. The Labute approximate surface area is 112 Å². The lowest BCUT2D eigenvalue weighted by atomic mass is 9.99. The number of hydrogen-bond acceptors (Lipinski definition) is 4. The van der Waals surface area contributed by atoms with Crippen molar-refractivity contribution in [2.24, 2.45) is 11.7 Å². The van der Waals surface area contributed by atoms with E-state index in [1.807, 2.05) is 16.8 Å². The zero-order valence-electron chi connectivity index (χ0n) is 10.2. The Morgan fingerprint density at radius 2 is 2.17 bits per heavy atom. The van der Waals surface area contributed by atoms with E-state index >= 15 is 0 Å². The number of hydrogen-bond donors (Lipinski definition) is 2. The molecule has 1 fully saturated rings. The van der Waals surface area contributed by atoms with Gasteiger partial charge in [0, 0.05) is 19.6 Å². The van der Waals surface area contributed by atoms with Crippen LogP contribution >= 0.6 is 11.3 Å². The number of nitrogens with zero attached hydrogens (tertiary/aromatic N) is 1. The van der Waals surface area contributed by atoms with Gasteiger partial charge in [0.15, 0.2) is 0 Å². The van der Waals surface area contributed by atoms with Crippen LogP contribution in [0.1, 0.15) is 18.4 Å². The zero-order valence-corrected chi connectivity index (χ0v) is 11.8. The lowest BCUT2D eigenvalue weighted by Gasteiger charge is -2.30. The summed E-state index contributed by atoms with van der Waals surface area (Å²) < 4.78 is 28.3. The Hall–Kier alpha value is -0.470. The van der Waals surface area contributed by atoms with Crippen molar-refractivity contribution in [2.45, 2.75) is 19.4 Å². The van der Waals surface area contributed by atoms with Gasteiger partial charge >= 0.3 is 0 Å². The minimum Gasteiger partial charge on any atom is -0.330 e. The molecule has 3 N–H and O–H groups in total. The van der Waals surface area contributed by atoms with Crippen LogP contribution in [0, 0.1) is 5.92 Å². The molecule has 1 aliphatic rings. The van der Waals surface area contributed by atoms with Crippen LogP contribution in [-0.4, -0.2) is 32.4 Å². The van der Waals surface area contributed by atoms with Crippen LogP contribution in [0.4, 0.5) is 0 Å². The molecule has 1 saturated heterocycles. The smallest absolute Gasteiger partial charge is 0.279 e. The number of thiophene rings is 1. The van der Waals surface area contributed by atoms with Crippen molar-refractivity contribution in [3.8, 4) is 0 Å². The molecule has 18 heavy (non-hydrogen) atoms. The Balaban J connectivity index is 1.87. The first-order valence-electron chi connectivity index (χ1n) is 6.07. The normalized spacial score (nSPS) is 19.2. The summed E-state index contributed by atoms with van der Waals surface area (Å²) in [5, 5.41) is 3.89. The second-order valence-corrected chi connectivity index (χ2v) is 7.07. The fourth-order valence-electron chi connectivity index (χ4n) is 2.04. The zero-order chi connectivity index (χ0) is 13.0. The van der Waals surface area contributed by atoms with Crippen molar-refractivity contribution in [1.82, 2.24) is 9.03 Å².